The molecule has 3 rings (SSSR count). The van der Waals surface area contributed by atoms with E-state index in [2.05, 4.69) is 17.1 Å². The van der Waals surface area contributed by atoms with Crippen LogP contribution in [0.25, 0.3) is 0 Å². The first-order valence-corrected chi connectivity index (χ1v) is 10.3. The molecule has 2 aromatic rings. The first-order valence-electron chi connectivity index (χ1n) is 9.36. The molecule has 7 nitrogen and oxygen atoms in total. The van der Waals surface area contributed by atoms with E-state index in [-0.39, 0.29) is 28.5 Å². The number of ether oxygens (including phenoxy) is 2. The number of nitrogens with two attached hydrogens (primary N) is 1. The molecule has 0 spiro atoms. The van der Waals surface area contributed by atoms with Gasteiger partial charge in [-0.25, -0.2) is 9.78 Å². The summed E-state index contributed by atoms with van der Waals surface area (Å²) in [5, 5.41) is 19.7. The minimum atomic E-state index is -0.717. The fraction of sp³-hybridized carbons (Fsp3) is 0.217. The van der Waals surface area contributed by atoms with E-state index in [1.165, 1.54) is 18.9 Å². The summed E-state index contributed by atoms with van der Waals surface area (Å²) in [6.07, 6.45) is 0. The van der Waals surface area contributed by atoms with Gasteiger partial charge in [0.1, 0.15) is 28.5 Å². The smallest absolute Gasteiger partial charge is 0.338 e. The van der Waals surface area contributed by atoms with E-state index in [1.54, 1.807) is 0 Å². The van der Waals surface area contributed by atoms with Crippen LogP contribution in [0.5, 0.6) is 0 Å². The molecule has 0 unspecified atom stereocenters. The maximum Gasteiger partial charge on any atom is 0.338 e. The molecule has 0 amide bonds. The number of aromatic nitrogens is 1. The normalized spacial score (nSPS) is 15.7. The number of carbonyl (C=O) groups excluding carboxylic acids is 1. The van der Waals surface area contributed by atoms with E-state index in [1.807, 2.05) is 50.2 Å². The van der Waals surface area contributed by atoms with Gasteiger partial charge in [0.05, 0.1) is 29.9 Å². The third kappa shape index (κ3) is 4.40. The number of methoxy groups -OCH3 is 1. The second kappa shape index (κ2) is 9.38. The van der Waals surface area contributed by atoms with E-state index in [4.69, 9.17) is 15.2 Å². The number of nitriles is 2. The molecule has 0 radical (unpaired) electrons. The second-order valence-corrected chi connectivity index (χ2v) is 7.79. The fourth-order valence-corrected chi connectivity index (χ4v) is 4.46. The van der Waals surface area contributed by atoms with Gasteiger partial charge in [-0.1, -0.05) is 42.1 Å². The lowest BCUT2D eigenvalue weighted by Crippen LogP contribution is -2.26. The van der Waals surface area contributed by atoms with Crippen molar-refractivity contribution in [1.82, 2.24) is 4.98 Å². The summed E-state index contributed by atoms with van der Waals surface area (Å²) in [7, 11) is 1.27. The van der Waals surface area contributed by atoms with Gasteiger partial charge in [0.15, 0.2) is 0 Å². The van der Waals surface area contributed by atoms with Crippen molar-refractivity contribution < 1.29 is 14.3 Å². The number of benzene rings is 1. The SMILES string of the molecule is COC(=O)C1=C(CSc2nc(C)cc(C)c2C#N)OC(N)=C(C#N)[C@H]1c1ccccc1. The van der Waals surface area contributed by atoms with Crippen molar-refractivity contribution in [2.24, 2.45) is 5.73 Å². The lowest BCUT2D eigenvalue weighted by molar-refractivity contribution is -0.136. The summed E-state index contributed by atoms with van der Waals surface area (Å²) in [6.45, 7) is 3.69. The van der Waals surface area contributed by atoms with Crippen LogP contribution < -0.4 is 5.73 Å². The Labute approximate surface area is 184 Å². The van der Waals surface area contributed by atoms with Crippen molar-refractivity contribution in [1.29, 1.82) is 10.5 Å². The summed E-state index contributed by atoms with van der Waals surface area (Å²) in [6, 6.07) is 15.2. The Hall–Kier alpha value is -3.75. The third-order valence-corrected chi connectivity index (χ3v) is 5.77. The number of thioether (sulfide) groups is 1. The molecule has 0 bridgehead atoms. The zero-order valence-corrected chi connectivity index (χ0v) is 18.1. The Morgan fingerprint density at radius 1 is 1.26 bits per heavy atom. The van der Waals surface area contributed by atoms with Crippen LogP contribution in [0.3, 0.4) is 0 Å². The predicted molar refractivity (Wildman–Crippen MR) is 115 cm³/mol. The van der Waals surface area contributed by atoms with Gasteiger partial charge in [-0.3, -0.25) is 0 Å². The summed E-state index contributed by atoms with van der Waals surface area (Å²) in [5.41, 5.74) is 9.18. The molecule has 0 saturated carbocycles. The Morgan fingerprint density at radius 2 is 1.97 bits per heavy atom. The van der Waals surface area contributed by atoms with Crippen molar-refractivity contribution in [3.05, 3.63) is 81.6 Å². The molecule has 1 aliphatic rings. The Bertz CT molecular complexity index is 1170. The molecular weight excluding hydrogens is 412 g/mol. The topological polar surface area (TPSA) is 122 Å². The zero-order chi connectivity index (χ0) is 22.5. The molecule has 1 aromatic carbocycles. The lowest BCUT2D eigenvalue weighted by Gasteiger charge is -2.27. The summed E-state index contributed by atoms with van der Waals surface area (Å²) in [5.74, 6) is -0.942. The fourth-order valence-electron chi connectivity index (χ4n) is 3.41. The lowest BCUT2D eigenvalue weighted by atomic mass is 9.83. The van der Waals surface area contributed by atoms with E-state index in [9.17, 15) is 15.3 Å². The molecular formula is C23H20N4O3S. The van der Waals surface area contributed by atoms with Crippen LogP contribution in [-0.2, 0) is 14.3 Å². The minimum absolute atomic E-state index is 0.0616. The number of aryl methyl sites for hydroxylation is 2. The molecule has 1 aromatic heterocycles. The molecule has 0 fully saturated rings. The first-order chi connectivity index (χ1) is 14.9. The highest BCUT2D eigenvalue weighted by molar-refractivity contribution is 7.99. The molecule has 2 N–H and O–H groups in total. The molecule has 8 heteroatoms. The van der Waals surface area contributed by atoms with E-state index >= 15 is 0 Å². The van der Waals surface area contributed by atoms with Gasteiger partial charge in [-0.2, -0.15) is 10.5 Å². The van der Waals surface area contributed by atoms with Crippen LogP contribution in [0.2, 0.25) is 0 Å². The monoisotopic (exact) mass is 432 g/mol. The summed E-state index contributed by atoms with van der Waals surface area (Å²) < 4.78 is 10.7. The van der Waals surface area contributed by atoms with Crippen LogP contribution in [0.15, 0.2) is 64.2 Å². The number of nitrogens with zero attached hydrogens (tertiary/aromatic N) is 3. The number of carbonyl (C=O) groups is 1. The zero-order valence-electron chi connectivity index (χ0n) is 17.3. The first kappa shape index (κ1) is 21.9. The molecule has 31 heavy (non-hydrogen) atoms. The van der Waals surface area contributed by atoms with E-state index in [0.29, 0.717) is 10.6 Å². The highest BCUT2D eigenvalue weighted by Gasteiger charge is 2.37. The van der Waals surface area contributed by atoms with Gasteiger partial charge in [-0.15, -0.1) is 0 Å². The van der Waals surface area contributed by atoms with Gasteiger partial charge in [0.2, 0.25) is 5.88 Å². The van der Waals surface area contributed by atoms with Crippen LogP contribution >= 0.6 is 11.8 Å². The standard InChI is InChI=1S/C23H20N4O3S/c1-13-9-14(2)27-22(16(13)10-24)31-12-18-20(23(28)29-3)19(15-7-5-4-6-8-15)17(11-25)21(26)30-18/h4-9,19H,12,26H2,1-3H3/t19-/m1/s1. The Morgan fingerprint density at radius 3 is 2.58 bits per heavy atom. The van der Waals surface area contributed by atoms with Crippen LogP contribution in [0.4, 0.5) is 0 Å². The van der Waals surface area contributed by atoms with Gasteiger partial charge >= 0.3 is 5.97 Å². The van der Waals surface area contributed by atoms with Crippen LogP contribution in [-0.4, -0.2) is 23.8 Å². The minimum Gasteiger partial charge on any atom is -0.466 e. The molecule has 1 atom stereocenters. The van der Waals surface area contributed by atoms with Gasteiger partial charge in [-0.05, 0) is 31.0 Å². The van der Waals surface area contributed by atoms with Crippen molar-refractivity contribution in [2.75, 3.05) is 12.9 Å². The predicted octanol–water partition coefficient (Wildman–Crippen LogP) is 3.60. The average molecular weight is 433 g/mol. The molecule has 0 aliphatic carbocycles. The molecule has 156 valence electrons. The number of hydrogen-bond acceptors (Lipinski definition) is 8. The molecule has 2 heterocycles. The maximum atomic E-state index is 12.8. The number of pyridine rings is 1. The Kier molecular flexibility index (Phi) is 6.64. The third-order valence-electron chi connectivity index (χ3n) is 4.80. The number of hydrogen-bond donors (Lipinski definition) is 1. The highest BCUT2D eigenvalue weighted by atomic mass is 32.2. The van der Waals surface area contributed by atoms with Crippen molar-refractivity contribution in [2.45, 2.75) is 24.8 Å². The number of esters is 1. The maximum absolute atomic E-state index is 12.8. The quantitative estimate of drug-likeness (QED) is 0.562. The van der Waals surface area contributed by atoms with Crippen LogP contribution in [0, 0.1) is 36.5 Å². The summed E-state index contributed by atoms with van der Waals surface area (Å²) >= 11 is 1.26. The van der Waals surface area contributed by atoms with E-state index < -0.39 is 11.9 Å². The number of rotatable bonds is 5. The van der Waals surface area contributed by atoms with Crippen LogP contribution in [0.1, 0.15) is 28.3 Å². The average Bonchev–Trinajstić information content (AvgIpc) is 2.76. The molecule has 0 saturated heterocycles. The van der Waals surface area contributed by atoms with Gasteiger partial charge in [0, 0.05) is 5.69 Å². The number of allylic oxidation sites excluding steroid dienone is 1. The van der Waals surface area contributed by atoms with Gasteiger partial charge < -0.3 is 15.2 Å². The molecule has 1 aliphatic heterocycles. The van der Waals surface area contributed by atoms with Crippen molar-refractivity contribution >= 4 is 17.7 Å². The van der Waals surface area contributed by atoms with E-state index in [0.717, 1.165) is 16.8 Å². The summed E-state index contributed by atoms with van der Waals surface area (Å²) in [4.78, 5) is 17.2. The Balaban J connectivity index is 2.09. The van der Waals surface area contributed by atoms with Crippen molar-refractivity contribution in [3.63, 3.8) is 0 Å². The largest absolute Gasteiger partial charge is 0.466 e. The highest BCUT2D eigenvalue weighted by Crippen LogP contribution is 2.41. The van der Waals surface area contributed by atoms with Crippen molar-refractivity contribution in [3.8, 4) is 12.1 Å². The second-order valence-electron chi connectivity index (χ2n) is 6.83. The van der Waals surface area contributed by atoms with Gasteiger partial charge in [0.25, 0.3) is 0 Å².